The third-order valence-corrected chi connectivity index (χ3v) is 5.37. The first-order valence-electron chi connectivity index (χ1n) is 9.19. The van der Waals surface area contributed by atoms with Gasteiger partial charge in [-0.1, -0.05) is 25.1 Å². The van der Waals surface area contributed by atoms with Crippen molar-refractivity contribution < 1.29 is 9.59 Å². The van der Waals surface area contributed by atoms with E-state index >= 15 is 0 Å². The molecule has 136 valence electrons. The summed E-state index contributed by atoms with van der Waals surface area (Å²) in [5.41, 5.74) is 0.520. The molecule has 2 N–H and O–H groups in total. The third kappa shape index (κ3) is 3.49. The fraction of sp³-hybridized carbons (Fsp3) is 0.579. The van der Waals surface area contributed by atoms with Gasteiger partial charge < -0.3 is 20.4 Å². The number of benzene rings is 1. The molecule has 0 bridgehead atoms. The van der Waals surface area contributed by atoms with Gasteiger partial charge in [0.2, 0.25) is 11.8 Å². The van der Waals surface area contributed by atoms with Crippen LogP contribution >= 0.6 is 0 Å². The van der Waals surface area contributed by atoms with E-state index in [2.05, 4.69) is 15.5 Å². The van der Waals surface area contributed by atoms with Crippen molar-refractivity contribution in [2.75, 3.05) is 31.2 Å². The number of nitrogens with zero attached hydrogens (tertiary/aromatic N) is 2. The van der Waals surface area contributed by atoms with Gasteiger partial charge in [-0.2, -0.15) is 0 Å². The summed E-state index contributed by atoms with van der Waals surface area (Å²) in [6, 6.07) is 10.2. The van der Waals surface area contributed by atoms with Gasteiger partial charge in [-0.3, -0.25) is 9.59 Å². The van der Waals surface area contributed by atoms with E-state index in [1.165, 1.54) is 0 Å². The Morgan fingerprint density at radius 1 is 1.28 bits per heavy atom. The van der Waals surface area contributed by atoms with Gasteiger partial charge in [0, 0.05) is 11.7 Å². The van der Waals surface area contributed by atoms with Gasteiger partial charge in [0.25, 0.3) is 0 Å². The van der Waals surface area contributed by atoms with Gasteiger partial charge in [-0.25, -0.2) is 0 Å². The van der Waals surface area contributed by atoms with Crippen molar-refractivity contribution in [1.29, 1.82) is 0 Å². The van der Waals surface area contributed by atoms with Gasteiger partial charge in [-0.15, -0.1) is 0 Å². The molecule has 0 radical (unpaired) electrons. The van der Waals surface area contributed by atoms with Gasteiger partial charge >= 0.3 is 0 Å². The lowest BCUT2D eigenvalue weighted by atomic mass is 9.86. The lowest BCUT2D eigenvalue weighted by Crippen LogP contribution is -2.56. The van der Waals surface area contributed by atoms with Gasteiger partial charge in [0.15, 0.2) is 0 Å². The van der Waals surface area contributed by atoms with Crippen LogP contribution in [0.25, 0.3) is 0 Å². The number of rotatable bonds is 5. The van der Waals surface area contributed by atoms with Crippen LogP contribution < -0.4 is 15.5 Å². The number of nitrogens with one attached hydrogen (secondary N) is 2. The van der Waals surface area contributed by atoms with Crippen molar-refractivity contribution in [3.05, 3.63) is 30.3 Å². The molecule has 25 heavy (non-hydrogen) atoms. The molecular weight excluding hydrogens is 316 g/mol. The van der Waals surface area contributed by atoms with E-state index < -0.39 is 5.54 Å². The third-order valence-electron chi connectivity index (χ3n) is 5.37. The summed E-state index contributed by atoms with van der Waals surface area (Å²) in [4.78, 5) is 29.4. The highest BCUT2D eigenvalue weighted by Crippen LogP contribution is 2.37. The second-order valence-corrected chi connectivity index (χ2v) is 7.07. The fourth-order valence-electron chi connectivity index (χ4n) is 3.76. The Bertz CT molecular complexity index is 613. The number of carbonyl (C=O) groups is 2. The number of hydrogen-bond donors (Lipinski definition) is 2. The lowest BCUT2D eigenvalue weighted by molar-refractivity contribution is -0.137. The molecule has 0 aromatic heterocycles. The van der Waals surface area contributed by atoms with E-state index in [-0.39, 0.29) is 24.4 Å². The molecule has 3 rings (SSSR count). The van der Waals surface area contributed by atoms with Crippen molar-refractivity contribution >= 4 is 17.5 Å². The van der Waals surface area contributed by atoms with E-state index in [1.54, 1.807) is 4.90 Å². The maximum absolute atomic E-state index is 13.2. The SMILES string of the molecule is CCC(C)NC(=O)CN1CN(c2ccccc2)C2(CCNCC2)C1=O. The minimum absolute atomic E-state index is 0.0807. The average Bonchev–Trinajstić information content (AvgIpc) is 2.89. The topological polar surface area (TPSA) is 64.7 Å². The van der Waals surface area contributed by atoms with Crippen LogP contribution in [0.4, 0.5) is 5.69 Å². The molecular formula is C19H28N4O2. The first kappa shape index (κ1) is 17.7. The van der Waals surface area contributed by atoms with Crippen LogP contribution in [0, 0.1) is 0 Å². The van der Waals surface area contributed by atoms with E-state index in [4.69, 9.17) is 0 Å². The quantitative estimate of drug-likeness (QED) is 0.846. The number of carbonyl (C=O) groups excluding carboxylic acids is 2. The smallest absolute Gasteiger partial charge is 0.250 e. The zero-order chi connectivity index (χ0) is 17.9. The molecule has 2 aliphatic rings. The normalized spacial score (nSPS) is 20.8. The van der Waals surface area contributed by atoms with Crippen molar-refractivity contribution in [3.8, 4) is 0 Å². The molecule has 1 aromatic rings. The second kappa shape index (κ2) is 7.44. The standard InChI is InChI=1S/C19H28N4O2/c1-3-15(2)21-17(24)13-22-14-23(16-7-5-4-6-8-16)19(18(22)25)9-11-20-12-10-19/h4-8,15,20H,3,9-14H2,1-2H3,(H,21,24). The molecule has 2 heterocycles. The van der Waals surface area contributed by atoms with E-state index in [0.717, 1.165) is 38.0 Å². The van der Waals surface area contributed by atoms with Crippen molar-refractivity contribution in [2.24, 2.45) is 0 Å². The fourth-order valence-corrected chi connectivity index (χ4v) is 3.76. The van der Waals surface area contributed by atoms with Crippen LogP contribution in [0.2, 0.25) is 0 Å². The molecule has 1 atom stereocenters. The average molecular weight is 344 g/mol. The van der Waals surface area contributed by atoms with Crippen LogP contribution in [0.5, 0.6) is 0 Å². The Labute approximate surface area is 149 Å². The van der Waals surface area contributed by atoms with Crippen LogP contribution in [-0.4, -0.2) is 54.6 Å². The predicted octanol–water partition coefficient (Wildman–Crippen LogP) is 1.33. The van der Waals surface area contributed by atoms with Crippen molar-refractivity contribution in [1.82, 2.24) is 15.5 Å². The summed E-state index contributed by atoms with van der Waals surface area (Å²) in [6.45, 7) is 6.25. The molecule has 1 spiro atoms. The predicted molar refractivity (Wildman–Crippen MR) is 98.2 cm³/mol. The molecule has 2 fully saturated rings. The Balaban J connectivity index is 1.81. The van der Waals surface area contributed by atoms with Crippen molar-refractivity contribution in [3.63, 3.8) is 0 Å². The van der Waals surface area contributed by atoms with E-state index in [1.807, 2.05) is 44.2 Å². The lowest BCUT2D eigenvalue weighted by Gasteiger charge is -2.40. The number of amides is 2. The number of hydrogen-bond acceptors (Lipinski definition) is 4. The largest absolute Gasteiger partial charge is 0.352 e. The van der Waals surface area contributed by atoms with Crippen molar-refractivity contribution in [2.45, 2.75) is 44.7 Å². The monoisotopic (exact) mass is 344 g/mol. The Morgan fingerprint density at radius 3 is 2.60 bits per heavy atom. The second-order valence-electron chi connectivity index (χ2n) is 7.07. The summed E-state index contributed by atoms with van der Waals surface area (Å²) in [6.07, 6.45) is 2.42. The molecule has 1 aromatic carbocycles. The van der Waals surface area contributed by atoms with E-state index in [9.17, 15) is 9.59 Å². The molecule has 6 heteroatoms. The number of piperidine rings is 1. The highest BCUT2D eigenvalue weighted by Gasteiger charge is 2.53. The van der Waals surface area contributed by atoms with Crippen LogP contribution in [-0.2, 0) is 9.59 Å². The Hall–Kier alpha value is -2.08. The van der Waals surface area contributed by atoms with Gasteiger partial charge in [0.1, 0.15) is 12.1 Å². The summed E-state index contributed by atoms with van der Waals surface area (Å²) in [5, 5.41) is 6.30. The number of anilines is 1. The molecule has 1 unspecified atom stereocenters. The summed E-state index contributed by atoms with van der Waals surface area (Å²) < 4.78 is 0. The first-order valence-corrected chi connectivity index (χ1v) is 9.19. The molecule has 0 saturated carbocycles. The zero-order valence-corrected chi connectivity index (χ0v) is 15.1. The maximum atomic E-state index is 13.2. The summed E-state index contributed by atoms with van der Waals surface area (Å²) >= 11 is 0. The molecule has 2 saturated heterocycles. The van der Waals surface area contributed by atoms with Crippen LogP contribution in [0.1, 0.15) is 33.1 Å². The van der Waals surface area contributed by atoms with Crippen LogP contribution in [0.3, 0.4) is 0 Å². The van der Waals surface area contributed by atoms with Crippen LogP contribution in [0.15, 0.2) is 30.3 Å². The number of para-hydroxylation sites is 1. The molecule has 6 nitrogen and oxygen atoms in total. The summed E-state index contributed by atoms with van der Waals surface area (Å²) in [5.74, 6) is -0.00106. The highest BCUT2D eigenvalue weighted by molar-refractivity contribution is 5.96. The van der Waals surface area contributed by atoms with Gasteiger partial charge in [0.05, 0.1) is 6.67 Å². The highest BCUT2D eigenvalue weighted by atomic mass is 16.2. The zero-order valence-electron chi connectivity index (χ0n) is 15.1. The summed E-state index contributed by atoms with van der Waals surface area (Å²) in [7, 11) is 0. The minimum atomic E-state index is -0.525. The molecule has 2 aliphatic heterocycles. The first-order chi connectivity index (χ1) is 12.1. The maximum Gasteiger partial charge on any atom is 0.250 e. The molecule has 2 amide bonds. The molecule has 0 aliphatic carbocycles. The van der Waals surface area contributed by atoms with E-state index in [0.29, 0.717) is 6.67 Å². The Morgan fingerprint density at radius 2 is 1.96 bits per heavy atom. The minimum Gasteiger partial charge on any atom is -0.352 e. The van der Waals surface area contributed by atoms with Gasteiger partial charge in [-0.05, 0) is 51.4 Å². The Kier molecular flexibility index (Phi) is 5.27.